The summed E-state index contributed by atoms with van der Waals surface area (Å²) in [7, 11) is 0. The zero-order chi connectivity index (χ0) is 18.6. The number of nitrogens with zero attached hydrogens (tertiary/aromatic N) is 1. The predicted octanol–water partition coefficient (Wildman–Crippen LogP) is 3.23. The quantitative estimate of drug-likeness (QED) is 0.509. The van der Waals surface area contributed by atoms with Crippen LogP contribution in [0.3, 0.4) is 0 Å². The van der Waals surface area contributed by atoms with Gasteiger partial charge >= 0.3 is 5.97 Å². The van der Waals surface area contributed by atoms with Gasteiger partial charge in [0.2, 0.25) is 0 Å². The minimum atomic E-state index is -1.17. The van der Waals surface area contributed by atoms with Gasteiger partial charge in [-0.3, -0.25) is 14.9 Å². The van der Waals surface area contributed by atoms with E-state index in [1.807, 2.05) is 0 Å². The van der Waals surface area contributed by atoms with E-state index < -0.39 is 28.7 Å². The first-order chi connectivity index (χ1) is 11.8. The van der Waals surface area contributed by atoms with Crippen molar-refractivity contribution < 1.29 is 23.6 Å². The van der Waals surface area contributed by atoms with Gasteiger partial charge in [0, 0.05) is 17.3 Å². The van der Waals surface area contributed by atoms with Crippen molar-refractivity contribution in [3.63, 3.8) is 0 Å². The molecular formula is C17H15FN2O5. The fraction of sp³-hybridized carbons (Fsp3) is 0.176. The second-order valence-corrected chi connectivity index (χ2v) is 5.31. The first-order valence-electron chi connectivity index (χ1n) is 7.30. The van der Waals surface area contributed by atoms with Crippen LogP contribution in [-0.4, -0.2) is 22.9 Å². The molecule has 1 N–H and O–H groups in total. The summed E-state index contributed by atoms with van der Waals surface area (Å²) in [6, 6.07) is 9.15. The van der Waals surface area contributed by atoms with E-state index in [0.717, 1.165) is 12.1 Å². The number of hydrogen-bond donors (Lipinski definition) is 1. The molecule has 1 amide bonds. The van der Waals surface area contributed by atoms with Gasteiger partial charge in [0.1, 0.15) is 5.82 Å². The largest absolute Gasteiger partial charge is 0.449 e. The van der Waals surface area contributed by atoms with Crippen LogP contribution in [0.15, 0.2) is 42.5 Å². The summed E-state index contributed by atoms with van der Waals surface area (Å²) in [5.74, 6) is -2.04. The van der Waals surface area contributed by atoms with Crippen molar-refractivity contribution >= 4 is 23.3 Å². The van der Waals surface area contributed by atoms with Gasteiger partial charge in [0.05, 0.1) is 10.5 Å². The summed E-state index contributed by atoms with van der Waals surface area (Å²) in [6.07, 6.45) is -1.17. The van der Waals surface area contributed by atoms with Crippen LogP contribution in [0.5, 0.6) is 0 Å². The molecule has 0 fully saturated rings. The lowest BCUT2D eigenvalue weighted by atomic mass is 10.1. The Hall–Kier alpha value is -3.29. The SMILES string of the molecule is Cc1ccc(C(=O)O[C@H](C)C(=O)Nc2cccc(F)c2)cc1[N+](=O)[O-]. The molecule has 7 nitrogen and oxygen atoms in total. The number of nitro benzene ring substituents is 1. The Morgan fingerprint density at radius 1 is 1.24 bits per heavy atom. The van der Waals surface area contributed by atoms with Crippen molar-refractivity contribution in [2.45, 2.75) is 20.0 Å². The first kappa shape index (κ1) is 18.1. The molecule has 0 aliphatic heterocycles. The third-order valence-corrected chi connectivity index (χ3v) is 3.39. The minimum Gasteiger partial charge on any atom is -0.449 e. The standard InChI is InChI=1S/C17H15FN2O5/c1-10-6-7-12(8-15(10)20(23)24)17(22)25-11(2)16(21)19-14-5-3-4-13(18)9-14/h3-9,11H,1-2H3,(H,19,21)/t11-/m1/s1. The van der Waals surface area contributed by atoms with Crippen LogP contribution in [0, 0.1) is 22.9 Å². The molecule has 2 rings (SSSR count). The number of esters is 1. The molecule has 0 radical (unpaired) electrons. The van der Waals surface area contributed by atoms with Gasteiger partial charge < -0.3 is 10.1 Å². The van der Waals surface area contributed by atoms with Crippen LogP contribution in [-0.2, 0) is 9.53 Å². The third-order valence-electron chi connectivity index (χ3n) is 3.39. The average molecular weight is 346 g/mol. The van der Waals surface area contributed by atoms with Crippen LogP contribution < -0.4 is 5.32 Å². The highest BCUT2D eigenvalue weighted by Crippen LogP contribution is 2.20. The van der Waals surface area contributed by atoms with E-state index in [4.69, 9.17) is 4.74 Å². The summed E-state index contributed by atoms with van der Waals surface area (Å²) in [4.78, 5) is 34.4. The average Bonchev–Trinajstić information content (AvgIpc) is 2.54. The monoisotopic (exact) mass is 346 g/mol. The van der Waals surface area contributed by atoms with Gasteiger partial charge in [-0.05, 0) is 38.1 Å². The number of carbonyl (C=O) groups is 2. The third kappa shape index (κ3) is 4.60. The van der Waals surface area contributed by atoms with Crippen molar-refractivity contribution in [1.82, 2.24) is 0 Å². The maximum atomic E-state index is 13.1. The molecular weight excluding hydrogens is 331 g/mol. The number of ether oxygens (including phenoxy) is 1. The number of rotatable bonds is 5. The summed E-state index contributed by atoms with van der Waals surface area (Å²) in [6.45, 7) is 2.89. The number of hydrogen-bond acceptors (Lipinski definition) is 5. The molecule has 25 heavy (non-hydrogen) atoms. The topological polar surface area (TPSA) is 98.5 Å². The predicted molar refractivity (Wildman–Crippen MR) is 87.7 cm³/mol. The Morgan fingerprint density at radius 3 is 2.60 bits per heavy atom. The molecule has 0 unspecified atom stereocenters. The molecule has 0 aliphatic carbocycles. The van der Waals surface area contributed by atoms with E-state index >= 15 is 0 Å². The molecule has 8 heteroatoms. The van der Waals surface area contributed by atoms with Crippen molar-refractivity contribution in [1.29, 1.82) is 0 Å². The molecule has 0 aliphatic rings. The van der Waals surface area contributed by atoms with Crippen LogP contribution in [0.2, 0.25) is 0 Å². The highest BCUT2D eigenvalue weighted by atomic mass is 19.1. The number of nitro groups is 1. The van der Waals surface area contributed by atoms with Crippen molar-refractivity contribution in [2.24, 2.45) is 0 Å². The highest BCUT2D eigenvalue weighted by Gasteiger charge is 2.21. The highest BCUT2D eigenvalue weighted by molar-refractivity contribution is 5.97. The summed E-state index contributed by atoms with van der Waals surface area (Å²) >= 11 is 0. The Kier molecular flexibility index (Phi) is 5.43. The first-order valence-corrected chi connectivity index (χ1v) is 7.30. The van der Waals surface area contributed by atoms with Crippen molar-refractivity contribution in [3.05, 3.63) is 69.5 Å². The van der Waals surface area contributed by atoms with E-state index in [2.05, 4.69) is 5.32 Å². The van der Waals surface area contributed by atoms with Gasteiger partial charge in [-0.2, -0.15) is 0 Å². The fourth-order valence-corrected chi connectivity index (χ4v) is 2.03. The number of benzene rings is 2. The second kappa shape index (κ2) is 7.52. The van der Waals surface area contributed by atoms with Gasteiger partial charge in [-0.1, -0.05) is 12.1 Å². The van der Waals surface area contributed by atoms with Gasteiger partial charge in [-0.25, -0.2) is 9.18 Å². The number of nitrogens with one attached hydrogen (secondary N) is 1. The van der Waals surface area contributed by atoms with Crippen LogP contribution in [0.4, 0.5) is 15.8 Å². The van der Waals surface area contributed by atoms with Crippen molar-refractivity contribution in [3.8, 4) is 0 Å². The number of halogens is 1. The summed E-state index contributed by atoms with van der Waals surface area (Å²) in [5.41, 5.74) is 0.367. The van der Waals surface area contributed by atoms with Crippen LogP contribution in [0.1, 0.15) is 22.8 Å². The minimum absolute atomic E-state index is 0.0392. The molecule has 0 heterocycles. The summed E-state index contributed by atoms with van der Waals surface area (Å²) in [5, 5.41) is 13.3. The smallest absolute Gasteiger partial charge is 0.339 e. The molecule has 2 aromatic rings. The second-order valence-electron chi connectivity index (χ2n) is 5.31. The van der Waals surface area contributed by atoms with Crippen molar-refractivity contribution in [2.75, 3.05) is 5.32 Å². The summed E-state index contributed by atoms with van der Waals surface area (Å²) < 4.78 is 18.1. The fourth-order valence-electron chi connectivity index (χ4n) is 2.03. The normalized spacial score (nSPS) is 11.5. The zero-order valence-electron chi connectivity index (χ0n) is 13.5. The van der Waals surface area contributed by atoms with E-state index in [1.165, 1.54) is 37.3 Å². The van der Waals surface area contributed by atoms with Crippen LogP contribution in [0.25, 0.3) is 0 Å². The lowest BCUT2D eigenvalue weighted by Gasteiger charge is -2.13. The van der Waals surface area contributed by atoms with Gasteiger partial charge in [0.15, 0.2) is 6.10 Å². The maximum absolute atomic E-state index is 13.1. The Morgan fingerprint density at radius 2 is 1.96 bits per heavy atom. The van der Waals surface area contributed by atoms with Crippen LogP contribution >= 0.6 is 0 Å². The number of anilines is 1. The van der Waals surface area contributed by atoms with Gasteiger partial charge in [0.25, 0.3) is 11.6 Å². The van der Waals surface area contributed by atoms with E-state index in [1.54, 1.807) is 6.92 Å². The molecule has 0 saturated heterocycles. The molecule has 130 valence electrons. The maximum Gasteiger partial charge on any atom is 0.339 e. The Bertz CT molecular complexity index is 838. The molecule has 0 saturated carbocycles. The lowest BCUT2D eigenvalue weighted by molar-refractivity contribution is -0.385. The van der Waals surface area contributed by atoms with E-state index in [-0.39, 0.29) is 16.9 Å². The number of carbonyl (C=O) groups excluding carboxylic acids is 2. The molecule has 0 bridgehead atoms. The van der Waals surface area contributed by atoms with Gasteiger partial charge in [-0.15, -0.1) is 0 Å². The molecule has 1 atom stereocenters. The lowest BCUT2D eigenvalue weighted by Crippen LogP contribution is -2.30. The molecule has 2 aromatic carbocycles. The zero-order valence-corrected chi connectivity index (χ0v) is 13.5. The Labute approximate surface area is 142 Å². The number of aryl methyl sites for hydroxylation is 1. The Balaban J connectivity index is 2.05. The molecule has 0 aromatic heterocycles. The van der Waals surface area contributed by atoms with E-state index in [9.17, 15) is 24.1 Å². The molecule has 0 spiro atoms. The number of amides is 1. The van der Waals surface area contributed by atoms with E-state index in [0.29, 0.717) is 5.56 Å².